The fourth-order valence-corrected chi connectivity index (χ4v) is 4.83. The quantitative estimate of drug-likeness (QED) is 0.730. The molecule has 2 unspecified atom stereocenters. The van der Waals surface area contributed by atoms with Crippen molar-refractivity contribution in [2.75, 3.05) is 19.0 Å². The van der Waals surface area contributed by atoms with Gasteiger partial charge in [-0.2, -0.15) is 4.52 Å². The van der Waals surface area contributed by atoms with E-state index >= 15 is 0 Å². The molecule has 5 rings (SSSR count). The number of benzene rings is 1. The molecular formula is C19H21N5O2S. The van der Waals surface area contributed by atoms with Gasteiger partial charge in [-0.1, -0.05) is 23.5 Å². The molecule has 3 heterocycles. The molecule has 8 heteroatoms. The zero-order chi connectivity index (χ0) is 18.4. The lowest BCUT2D eigenvalue weighted by Crippen LogP contribution is -2.32. The Morgan fingerprint density at radius 1 is 1.26 bits per heavy atom. The summed E-state index contributed by atoms with van der Waals surface area (Å²) in [6, 6.07) is 10.9. The number of fused-ring (bicyclic) bond motifs is 1. The average Bonchev–Trinajstić information content (AvgIpc) is 3.31. The van der Waals surface area contributed by atoms with Crippen molar-refractivity contribution in [3.63, 3.8) is 0 Å². The number of hydrogen-bond acceptors (Lipinski definition) is 7. The Kier molecular flexibility index (Phi) is 4.09. The molecular weight excluding hydrogens is 362 g/mol. The van der Waals surface area contributed by atoms with Crippen molar-refractivity contribution in [2.45, 2.75) is 37.4 Å². The second kappa shape index (κ2) is 6.61. The van der Waals surface area contributed by atoms with E-state index in [1.54, 1.807) is 7.11 Å². The number of anilines is 1. The summed E-state index contributed by atoms with van der Waals surface area (Å²) >= 11 is 1.41. The van der Waals surface area contributed by atoms with E-state index in [-0.39, 0.29) is 17.6 Å². The highest BCUT2D eigenvalue weighted by molar-refractivity contribution is 7.20. The van der Waals surface area contributed by atoms with E-state index in [0.717, 1.165) is 23.8 Å². The lowest BCUT2D eigenvalue weighted by Gasteiger charge is -2.29. The van der Waals surface area contributed by atoms with Crippen LogP contribution >= 0.6 is 11.3 Å². The summed E-state index contributed by atoms with van der Waals surface area (Å²) in [5.41, 5.74) is 1.10. The first-order valence-electron chi connectivity index (χ1n) is 9.24. The Bertz CT molecular complexity index is 1030. The van der Waals surface area contributed by atoms with Crippen LogP contribution in [0.1, 0.15) is 30.9 Å². The van der Waals surface area contributed by atoms with Crippen molar-refractivity contribution in [2.24, 2.45) is 0 Å². The molecule has 2 aromatic heterocycles. The van der Waals surface area contributed by atoms with Gasteiger partial charge in [-0.25, -0.2) is 4.98 Å². The highest BCUT2D eigenvalue weighted by Gasteiger charge is 2.43. The molecule has 1 N–H and O–H groups in total. The molecule has 1 aliphatic carbocycles. The van der Waals surface area contributed by atoms with Gasteiger partial charge in [0.25, 0.3) is 5.56 Å². The average molecular weight is 383 g/mol. The summed E-state index contributed by atoms with van der Waals surface area (Å²) in [6.45, 7) is 1.06. The van der Waals surface area contributed by atoms with Crippen molar-refractivity contribution in [3.8, 4) is 5.75 Å². The number of methoxy groups -OCH3 is 1. The zero-order valence-electron chi connectivity index (χ0n) is 15.0. The monoisotopic (exact) mass is 383 g/mol. The highest BCUT2D eigenvalue weighted by Crippen LogP contribution is 2.42. The number of ether oxygens (including phenoxy) is 1. The van der Waals surface area contributed by atoms with E-state index in [9.17, 15) is 4.79 Å². The van der Waals surface area contributed by atoms with E-state index in [0.29, 0.717) is 11.0 Å². The first-order valence-corrected chi connectivity index (χ1v) is 10.1. The van der Waals surface area contributed by atoms with Gasteiger partial charge in [-0.05, 0) is 37.0 Å². The molecule has 0 spiro atoms. The van der Waals surface area contributed by atoms with Crippen molar-refractivity contribution < 1.29 is 4.74 Å². The Morgan fingerprint density at radius 2 is 2.15 bits per heavy atom. The van der Waals surface area contributed by atoms with Crippen molar-refractivity contribution >= 4 is 21.4 Å². The van der Waals surface area contributed by atoms with Gasteiger partial charge in [0.2, 0.25) is 10.1 Å². The lowest BCUT2D eigenvalue weighted by atomic mass is 9.99. The fourth-order valence-electron chi connectivity index (χ4n) is 3.99. The molecule has 3 aromatic rings. The van der Waals surface area contributed by atoms with Gasteiger partial charge in [0.15, 0.2) is 0 Å². The van der Waals surface area contributed by atoms with Crippen LogP contribution in [0.15, 0.2) is 41.3 Å². The maximum absolute atomic E-state index is 12.0. The minimum absolute atomic E-state index is 0.153. The van der Waals surface area contributed by atoms with Crippen LogP contribution in [0.4, 0.5) is 5.13 Å². The van der Waals surface area contributed by atoms with Gasteiger partial charge in [0.05, 0.1) is 13.2 Å². The van der Waals surface area contributed by atoms with Gasteiger partial charge in [0, 0.05) is 30.9 Å². The predicted octanol–water partition coefficient (Wildman–Crippen LogP) is 2.55. The molecule has 0 bridgehead atoms. The van der Waals surface area contributed by atoms with Crippen molar-refractivity contribution in [1.82, 2.24) is 19.5 Å². The lowest BCUT2D eigenvalue weighted by molar-refractivity contribution is 0.240. The van der Waals surface area contributed by atoms with E-state index in [1.807, 2.05) is 6.07 Å². The van der Waals surface area contributed by atoms with Crippen LogP contribution < -0.4 is 15.6 Å². The maximum Gasteiger partial charge on any atom is 0.275 e. The molecule has 2 fully saturated rings. The number of rotatable bonds is 5. The van der Waals surface area contributed by atoms with Gasteiger partial charge in [-0.3, -0.25) is 9.69 Å². The number of hydrogen-bond donors (Lipinski definition) is 1. The molecule has 140 valence electrons. The second-order valence-corrected chi connectivity index (χ2v) is 8.07. The Hall–Kier alpha value is -2.45. The minimum Gasteiger partial charge on any atom is -0.497 e. The SMILES string of the molecule is COc1cccc(C2C(Nc3nn4c(=O)ccnc4s3)CCN2C2CC2)c1. The van der Waals surface area contributed by atoms with Crippen LogP contribution in [0.2, 0.25) is 0 Å². The Balaban J connectivity index is 1.47. The normalized spacial score (nSPS) is 23.0. The van der Waals surface area contributed by atoms with Crippen molar-refractivity contribution in [3.05, 3.63) is 52.4 Å². The van der Waals surface area contributed by atoms with Gasteiger partial charge >= 0.3 is 0 Å². The molecule has 1 saturated heterocycles. The van der Waals surface area contributed by atoms with Crippen molar-refractivity contribution in [1.29, 1.82) is 0 Å². The maximum atomic E-state index is 12.0. The molecule has 2 atom stereocenters. The molecule has 27 heavy (non-hydrogen) atoms. The van der Waals surface area contributed by atoms with Crippen LogP contribution in [-0.2, 0) is 0 Å². The summed E-state index contributed by atoms with van der Waals surface area (Å²) in [4.78, 5) is 19.4. The molecule has 0 radical (unpaired) electrons. The fraction of sp³-hybridized carbons (Fsp3) is 0.421. The molecule has 1 aromatic carbocycles. The molecule has 1 saturated carbocycles. The molecule has 2 aliphatic rings. The van der Waals surface area contributed by atoms with Gasteiger partial charge in [0.1, 0.15) is 5.75 Å². The zero-order valence-corrected chi connectivity index (χ0v) is 15.9. The molecule has 0 amide bonds. The topological polar surface area (TPSA) is 71.8 Å². The van der Waals surface area contributed by atoms with Gasteiger partial charge in [-0.15, -0.1) is 5.10 Å². The van der Waals surface area contributed by atoms with E-state index in [2.05, 4.69) is 38.5 Å². The third-order valence-corrected chi connectivity index (χ3v) is 6.22. The first kappa shape index (κ1) is 16.7. The minimum atomic E-state index is -0.153. The first-order chi connectivity index (χ1) is 13.2. The smallest absolute Gasteiger partial charge is 0.275 e. The number of likely N-dealkylation sites (tertiary alicyclic amines) is 1. The summed E-state index contributed by atoms with van der Waals surface area (Å²) in [5, 5.41) is 8.75. The van der Waals surface area contributed by atoms with E-state index < -0.39 is 0 Å². The third-order valence-electron chi connectivity index (χ3n) is 5.37. The van der Waals surface area contributed by atoms with Crippen LogP contribution in [0.3, 0.4) is 0 Å². The highest BCUT2D eigenvalue weighted by atomic mass is 32.1. The second-order valence-electron chi connectivity index (χ2n) is 7.11. The largest absolute Gasteiger partial charge is 0.497 e. The van der Waals surface area contributed by atoms with E-state index in [1.165, 1.54) is 46.5 Å². The number of nitrogens with zero attached hydrogens (tertiary/aromatic N) is 4. The van der Waals surface area contributed by atoms with Crippen LogP contribution in [-0.4, -0.2) is 45.2 Å². The Labute approximate surface area is 160 Å². The summed E-state index contributed by atoms with van der Waals surface area (Å²) in [5.74, 6) is 0.879. The predicted molar refractivity (Wildman–Crippen MR) is 105 cm³/mol. The van der Waals surface area contributed by atoms with Crippen LogP contribution in [0.5, 0.6) is 5.75 Å². The number of nitrogens with one attached hydrogen (secondary N) is 1. The Morgan fingerprint density at radius 3 is 2.93 bits per heavy atom. The summed E-state index contributed by atoms with van der Waals surface area (Å²) in [7, 11) is 1.70. The van der Waals surface area contributed by atoms with Crippen LogP contribution in [0.25, 0.3) is 4.96 Å². The van der Waals surface area contributed by atoms with Gasteiger partial charge < -0.3 is 10.1 Å². The molecule has 7 nitrogen and oxygen atoms in total. The standard InChI is InChI=1S/C19H21N5O2S/c1-26-14-4-2-3-12(11-14)17-15(8-10-23(17)13-5-6-13)21-18-22-24-16(25)7-9-20-19(24)27-18/h2-4,7,9,11,13,15,17H,5-6,8,10H2,1H3,(H,21,22). The van der Waals surface area contributed by atoms with E-state index in [4.69, 9.17) is 4.74 Å². The number of aromatic nitrogens is 3. The van der Waals surface area contributed by atoms with Crippen LogP contribution in [0, 0.1) is 0 Å². The third kappa shape index (κ3) is 3.08. The summed E-state index contributed by atoms with van der Waals surface area (Å²) in [6.07, 6.45) is 5.11. The summed E-state index contributed by atoms with van der Waals surface area (Å²) < 4.78 is 6.80. The molecule has 1 aliphatic heterocycles.